The molecule has 0 saturated heterocycles. The van der Waals surface area contributed by atoms with Gasteiger partial charge in [0.05, 0.1) is 6.04 Å². The van der Waals surface area contributed by atoms with Crippen molar-refractivity contribution in [2.75, 3.05) is 0 Å². The molecule has 2 N–H and O–H groups in total. The summed E-state index contributed by atoms with van der Waals surface area (Å²) in [7, 11) is 0. The fourth-order valence-corrected chi connectivity index (χ4v) is 2.02. The highest BCUT2D eigenvalue weighted by molar-refractivity contribution is 9.10. The molecule has 2 atom stereocenters. The van der Waals surface area contributed by atoms with Gasteiger partial charge in [0.25, 0.3) is 0 Å². The van der Waals surface area contributed by atoms with Crippen molar-refractivity contribution in [1.29, 1.82) is 0 Å². The van der Waals surface area contributed by atoms with Crippen molar-refractivity contribution in [2.45, 2.75) is 18.6 Å². The molecule has 0 aliphatic heterocycles. The third kappa shape index (κ3) is 1.17. The van der Waals surface area contributed by atoms with Crippen molar-refractivity contribution in [2.24, 2.45) is 5.73 Å². The molecule has 1 aromatic rings. The topological polar surface area (TPSA) is 26.0 Å². The number of benzene rings is 1. The van der Waals surface area contributed by atoms with Crippen molar-refractivity contribution in [1.82, 2.24) is 0 Å². The summed E-state index contributed by atoms with van der Waals surface area (Å²) in [4.78, 5) is 0. The second kappa shape index (κ2) is 2.82. The third-order valence-corrected chi connectivity index (χ3v) is 2.76. The molecule has 0 fully saturated rings. The molecule has 2 rings (SSSR count). The maximum atomic E-state index is 13.1. The number of rotatable bonds is 0. The van der Waals surface area contributed by atoms with Gasteiger partial charge in [-0.2, -0.15) is 0 Å². The van der Waals surface area contributed by atoms with Crippen LogP contribution >= 0.6 is 15.9 Å². The second-order valence-corrected chi connectivity index (χ2v) is 4.00. The Morgan fingerprint density at radius 3 is 3.00 bits per heavy atom. The number of fused-ring (bicyclic) bond motifs is 1. The standard InChI is InChI=1S/C9H9BrFN/c10-6-1-2-7-5(3-6)4-8(11)9(7)12/h1-3,8-9H,4,12H2/t8?,9-/m1/s1. The lowest BCUT2D eigenvalue weighted by molar-refractivity contribution is 0.303. The van der Waals surface area contributed by atoms with Gasteiger partial charge in [-0.05, 0) is 23.3 Å². The van der Waals surface area contributed by atoms with Crippen LogP contribution in [0.3, 0.4) is 0 Å². The molecular weight excluding hydrogens is 221 g/mol. The molecule has 1 aliphatic rings. The van der Waals surface area contributed by atoms with Gasteiger partial charge in [-0.25, -0.2) is 4.39 Å². The number of nitrogens with two attached hydrogens (primary N) is 1. The van der Waals surface area contributed by atoms with Crippen LogP contribution < -0.4 is 5.73 Å². The molecule has 0 spiro atoms. The summed E-state index contributed by atoms with van der Waals surface area (Å²) in [5.74, 6) is 0. The van der Waals surface area contributed by atoms with E-state index in [2.05, 4.69) is 15.9 Å². The minimum Gasteiger partial charge on any atom is -0.322 e. The molecule has 12 heavy (non-hydrogen) atoms. The van der Waals surface area contributed by atoms with E-state index in [1.54, 1.807) is 0 Å². The summed E-state index contributed by atoms with van der Waals surface area (Å²) < 4.78 is 14.1. The van der Waals surface area contributed by atoms with Crippen LogP contribution in [0.25, 0.3) is 0 Å². The molecule has 0 radical (unpaired) electrons. The molecule has 3 heteroatoms. The van der Waals surface area contributed by atoms with Gasteiger partial charge < -0.3 is 5.73 Å². The lowest BCUT2D eigenvalue weighted by Gasteiger charge is -2.05. The first-order valence-electron chi connectivity index (χ1n) is 3.86. The summed E-state index contributed by atoms with van der Waals surface area (Å²) in [5, 5.41) is 0. The summed E-state index contributed by atoms with van der Waals surface area (Å²) >= 11 is 3.34. The fourth-order valence-electron chi connectivity index (χ4n) is 1.61. The normalized spacial score (nSPS) is 27.2. The summed E-state index contributed by atoms with van der Waals surface area (Å²) in [6.45, 7) is 0. The van der Waals surface area contributed by atoms with Gasteiger partial charge in [0, 0.05) is 10.9 Å². The van der Waals surface area contributed by atoms with E-state index < -0.39 is 12.2 Å². The molecule has 1 aliphatic carbocycles. The first-order valence-corrected chi connectivity index (χ1v) is 4.66. The average molecular weight is 230 g/mol. The van der Waals surface area contributed by atoms with E-state index in [4.69, 9.17) is 5.73 Å². The van der Waals surface area contributed by atoms with Crippen LogP contribution in [0.1, 0.15) is 17.2 Å². The zero-order valence-corrected chi connectivity index (χ0v) is 8.01. The minimum atomic E-state index is -0.908. The maximum absolute atomic E-state index is 13.1. The van der Waals surface area contributed by atoms with Gasteiger partial charge >= 0.3 is 0 Å². The molecule has 0 heterocycles. The minimum absolute atomic E-state index is 0.423. The van der Waals surface area contributed by atoms with Gasteiger partial charge in [-0.15, -0.1) is 0 Å². The van der Waals surface area contributed by atoms with E-state index >= 15 is 0 Å². The first-order chi connectivity index (χ1) is 5.68. The van der Waals surface area contributed by atoms with E-state index in [-0.39, 0.29) is 0 Å². The Hall–Kier alpha value is -0.410. The van der Waals surface area contributed by atoms with Gasteiger partial charge in [-0.1, -0.05) is 22.0 Å². The average Bonchev–Trinajstić information content (AvgIpc) is 2.28. The van der Waals surface area contributed by atoms with Crippen LogP contribution in [0.2, 0.25) is 0 Å². The van der Waals surface area contributed by atoms with Gasteiger partial charge in [0.2, 0.25) is 0 Å². The van der Waals surface area contributed by atoms with Crippen molar-refractivity contribution in [3.05, 3.63) is 33.8 Å². The molecule has 0 aromatic heterocycles. The van der Waals surface area contributed by atoms with Crippen LogP contribution in [-0.4, -0.2) is 6.17 Å². The Balaban J connectivity index is 2.47. The molecule has 64 valence electrons. The molecule has 0 amide bonds. The predicted octanol–water partition coefficient (Wildman–Crippen LogP) is 2.34. The lowest BCUT2D eigenvalue weighted by Crippen LogP contribution is -2.17. The van der Waals surface area contributed by atoms with Gasteiger partial charge in [0.15, 0.2) is 0 Å². The van der Waals surface area contributed by atoms with Gasteiger partial charge in [0.1, 0.15) is 6.17 Å². The number of alkyl halides is 1. The Morgan fingerprint density at radius 2 is 2.25 bits per heavy atom. The van der Waals surface area contributed by atoms with Gasteiger partial charge in [-0.3, -0.25) is 0 Å². The molecule has 0 bridgehead atoms. The van der Waals surface area contributed by atoms with E-state index in [0.717, 1.165) is 15.6 Å². The lowest BCUT2D eigenvalue weighted by atomic mass is 10.1. The van der Waals surface area contributed by atoms with E-state index in [0.29, 0.717) is 6.42 Å². The maximum Gasteiger partial charge on any atom is 0.123 e. The summed E-state index contributed by atoms with van der Waals surface area (Å²) in [6.07, 6.45) is -0.454. The zero-order valence-electron chi connectivity index (χ0n) is 6.43. The van der Waals surface area contributed by atoms with Crippen molar-refractivity contribution in [3.63, 3.8) is 0 Å². The molecule has 1 aromatic carbocycles. The molecule has 0 saturated carbocycles. The SMILES string of the molecule is N[C@@H]1c2ccc(Br)cc2CC1F. The van der Waals surface area contributed by atoms with Crippen molar-refractivity contribution >= 4 is 15.9 Å². The highest BCUT2D eigenvalue weighted by Gasteiger charge is 2.29. The largest absolute Gasteiger partial charge is 0.322 e. The Morgan fingerprint density at radius 1 is 1.50 bits per heavy atom. The molecule has 1 unspecified atom stereocenters. The Kier molecular flexibility index (Phi) is 1.93. The van der Waals surface area contributed by atoms with Crippen LogP contribution in [0.4, 0.5) is 4.39 Å². The number of halogens is 2. The predicted molar refractivity (Wildman–Crippen MR) is 49.7 cm³/mol. The van der Waals surface area contributed by atoms with Crippen molar-refractivity contribution in [3.8, 4) is 0 Å². The summed E-state index contributed by atoms with van der Waals surface area (Å²) in [5.41, 5.74) is 7.63. The van der Waals surface area contributed by atoms with Crippen LogP contribution in [0.15, 0.2) is 22.7 Å². The first kappa shape index (κ1) is 8.20. The van der Waals surface area contributed by atoms with Crippen molar-refractivity contribution < 1.29 is 4.39 Å². The van der Waals surface area contributed by atoms with E-state index in [9.17, 15) is 4.39 Å². The number of hydrogen-bond acceptors (Lipinski definition) is 1. The number of hydrogen-bond donors (Lipinski definition) is 1. The van der Waals surface area contributed by atoms with E-state index in [1.807, 2.05) is 18.2 Å². The fraction of sp³-hybridized carbons (Fsp3) is 0.333. The molecule has 1 nitrogen and oxygen atoms in total. The Labute approximate surface area is 78.9 Å². The zero-order chi connectivity index (χ0) is 8.72. The quantitative estimate of drug-likeness (QED) is 0.727. The smallest absolute Gasteiger partial charge is 0.123 e. The third-order valence-electron chi connectivity index (χ3n) is 2.27. The van der Waals surface area contributed by atoms with Crippen LogP contribution in [0.5, 0.6) is 0 Å². The highest BCUT2D eigenvalue weighted by atomic mass is 79.9. The van der Waals surface area contributed by atoms with Crippen LogP contribution in [-0.2, 0) is 6.42 Å². The second-order valence-electron chi connectivity index (χ2n) is 3.09. The Bertz CT molecular complexity index is 313. The monoisotopic (exact) mass is 229 g/mol. The van der Waals surface area contributed by atoms with E-state index in [1.165, 1.54) is 0 Å². The summed E-state index contributed by atoms with van der Waals surface area (Å²) in [6, 6.07) is 5.31. The van der Waals surface area contributed by atoms with Crippen LogP contribution in [0, 0.1) is 0 Å². The molecular formula is C9H9BrFN. The highest BCUT2D eigenvalue weighted by Crippen LogP contribution is 2.33.